The standard InChI is InChI=1S/C31H35F2N5O4S2/c1-41-23-9-8-22(29(16-23)42-2)19-38(30-35-20-36-43-30)44(39,40)24-10-11-25-26(17-24)31(32,33)13-12-28(25)37-15-4-3-7-27(37)21-6-5-14-34-18-21/h5-6,8-11,14,16,18,20,26-28H,3-4,7,12-13,15,17,19H2,1-2H3/t26?,27-,28?/m0/s1. The topological polar surface area (TPSA) is 97.8 Å². The van der Waals surface area contributed by atoms with Gasteiger partial charge in [0.2, 0.25) is 5.13 Å². The minimum Gasteiger partial charge on any atom is -0.497 e. The second kappa shape index (κ2) is 12.5. The van der Waals surface area contributed by atoms with Gasteiger partial charge in [0.15, 0.2) is 0 Å². The maximum Gasteiger partial charge on any atom is 0.262 e. The highest BCUT2D eigenvalue weighted by atomic mass is 32.2. The molecule has 2 aromatic heterocycles. The van der Waals surface area contributed by atoms with Gasteiger partial charge in [-0.25, -0.2) is 26.5 Å². The summed E-state index contributed by atoms with van der Waals surface area (Å²) in [7, 11) is -1.25. The Morgan fingerprint density at radius 2 is 1.98 bits per heavy atom. The number of hydrogen-bond donors (Lipinski definition) is 0. The van der Waals surface area contributed by atoms with Crippen molar-refractivity contribution in [1.29, 1.82) is 0 Å². The molecule has 44 heavy (non-hydrogen) atoms. The summed E-state index contributed by atoms with van der Waals surface area (Å²) in [4.78, 5) is 10.7. The second-order valence-electron chi connectivity index (χ2n) is 11.3. The molecule has 13 heteroatoms. The summed E-state index contributed by atoms with van der Waals surface area (Å²) in [5, 5.41) is 0.138. The molecule has 2 fully saturated rings. The first kappa shape index (κ1) is 30.6. The molecule has 1 saturated heterocycles. The van der Waals surface area contributed by atoms with Gasteiger partial charge in [0.25, 0.3) is 15.9 Å². The molecule has 0 amide bonds. The molecule has 234 valence electrons. The van der Waals surface area contributed by atoms with E-state index in [4.69, 9.17) is 9.47 Å². The van der Waals surface area contributed by atoms with Crippen molar-refractivity contribution < 1.29 is 26.7 Å². The molecule has 3 heterocycles. The van der Waals surface area contributed by atoms with E-state index in [1.54, 1.807) is 30.5 Å². The van der Waals surface area contributed by atoms with Gasteiger partial charge in [0, 0.05) is 54.1 Å². The number of nitrogens with zero attached hydrogens (tertiary/aromatic N) is 5. The van der Waals surface area contributed by atoms with E-state index in [0.717, 1.165) is 47.2 Å². The highest BCUT2D eigenvalue weighted by Gasteiger charge is 2.52. The first-order chi connectivity index (χ1) is 21.2. The molecule has 1 aliphatic heterocycles. The van der Waals surface area contributed by atoms with Crippen molar-refractivity contribution in [3.8, 4) is 11.5 Å². The molecule has 6 rings (SSSR count). The van der Waals surface area contributed by atoms with E-state index in [1.165, 1.54) is 26.6 Å². The average Bonchev–Trinajstić information content (AvgIpc) is 3.58. The lowest BCUT2D eigenvalue weighted by molar-refractivity contribution is -0.0821. The van der Waals surface area contributed by atoms with E-state index in [-0.39, 0.29) is 41.5 Å². The minimum absolute atomic E-state index is 0.0725. The Labute approximate surface area is 260 Å². The predicted molar refractivity (Wildman–Crippen MR) is 164 cm³/mol. The molecule has 2 unspecified atom stereocenters. The third-order valence-corrected chi connectivity index (χ3v) is 11.6. The first-order valence-corrected chi connectivity index (χ1v) is 16.9. The largest absolute Gasteiger partial charge is 0.497 e. The fraction of sp³-hybridized carbons (Fsp3) is 0.452. The molecule has 3 aliphatic rings. The smallest absolute Gasteiger partial charge is 0.262 e. The van der Waals surface area contributed by atoms with Crippen LogP contribution in [0.15, 0.2) is 71.7 Å². The number of alkyl halides is 2. The fourth-order valence-corrected chi connectivity index (χ4v) is 9.01. The maximum atomic E-state index is 15.7. The number of pyridine rings is 1. The van der Waals surface area contributed by atoms with Crippen LogP contribution in [0, 0.1) is 5.92 Å². The van der Waals surface area contributed by atoms with Crippen molar-refractivity contribution in [3.05, 3.63) is 82.8 Å². The Morgan fingerprint density at radius 3 is 2.70 bits per heavy atom. The molecular weight excluding hydrogens is 609 g/mol. The highest BCUT2D eigenvalue weighted by molar-refractivity contribution is 7.96. The summed E-state index contributed by atoms with van der Waals surface area (Å²) in [5.74, 6) is -3.28. The van der Waals surface area contributed by atoms with Crippen molar-refractivity contribution in [3.63, 3.8) is 0 Å². The van der Waals surface area contributed by atoms with Crippen LogP contribution in [0.3, 0.4) is 0 Å². The number of rotatable bonds is 9. The van der Waals surface area contributed by atoms with E-state index < -0.39 is 21.9 Å². The van der Waals surface area contributed by atoms with Gasteiger partial charge < -0.3 is 9.47 Å². The highest BCUT2D eigenvalue weighted by Crippen LogP contribution is 2.51. The summed E-state index contributed by atoms with van der Waals surface area (Å²) in [6, 6.07) is 8.92. The van der Waals surface area contributed by atoms with Crippen LogP contribution in [0.4, 0.5) is 13.9 Å². The maximum absolute atomic E-state index is 15.7. The van der Waals surface area contributed by atoms with Gasteiger partial charge in [-0.2, -0.15) is 4.37 Å². The van der Waals surface area contributed by atoms with Crippen LogP contribution in [-0.2, 0) is 16.6 Å². The summed E-state index contributed by atoms with van der Waals surface area (Å²) in [5.41, 5.74) is 2.25. The van der Waals surface area contributed by atoms with Gasteiger partial charge in [-0.15, -0.1) is 0 Å². The number of halogens is 2. The van der Waals surface area contributed by atoms with Crippen LogP contribution in [0.5, 0.6) is 11.5 Å². The van der Waals surface area contributed by atoms with Crippen molar-refractivity contribution in [2.24, 2.45) is 5.92 Å². The molecule has 1 aromatic carbocycles. The van der Waals surface area contributed by atoms with Crippen molar-refractivity contribution in [2.75, 3.05) is 25.1 Å². The number of sulfonamides is 1. The molecule has 3 aromatic rings. The van der Waals surface area contributed by atoms with Gasteiger partial charge in [0.1, 0.15) is 17.8 Å². The number of aromatic nitrogens is 3. The summed E-state index contributed by atoms with van der Waals surface area (Å²) < 4.78 is 75.8. The number of fused-ring (bicyclic) bond motifs is 1. The van der Waals surface area contributed by atoms with Crippen LogP contribution >= 0.6 is 11.5 Å². The molecule has 0 bridgehead atoms. The van der Waals surface area contributed by atoms with Crippen LogP contribution < -0.4 is 13.8 Å². The lowest BCUT2D eigenvalue weighted by Gasteiger charge is -2.48. The molecule has 2 aliphatic carbocycles. The number of ether oxygens (including phenoxy) is 2. The van der Waals surface area contributed by atoms with Crippen molar-refractivity contribution >= 4 is 26.7 Å². The van der Waals surface area contributed by atoms with Gasteiger partial charge in [-0.05, 0) is 67.6 Å². The van der Waals surface area contributed by atoms with E-state index >= 15 is 8.78 Å². The quantitative estimate of drug-likeness (QED) is 0.274. The molecular formula is C31H35F2N5O4S2. The normalized spacial score (nSPS) is 23.7. The molecule has 9 nitrogen and oxygen atoms in total. The molecule has 0 radical (unpaired) electrons. The second-order valence-corrected chi connectivity index (χ2v) is 14.0. The van der Waals surface area contributed by atoms with Crippen LogP contribution in [0.25, 0.3) is 0 Å². The Balaban J connectivity index is 1.35. The SMILES string of the molecule is COc1ccc(CN(c2ncns2)S(=O)(=O)C2=CC=C3C(N4CCCC[C@H]4c4cccnc4)CCC(F)(F)C3C2)c(OC)c1. The molecule has 3 atom stereocenters. The lowest BCUT2D eigenvalue weighted by Crippen LogP contribution is -2.50. The van der Waals surface area contributed by atoms with Crippen LogP contribution in [-0.4, -0.2) is 60.4 Å². The fourth-order valence-electron chi connectivity index (χ4n) is 6.72. The molecule has 0 spiro atoms. The van der Waals surface area contributed by atoms with E-state index in [9.17, 15) is 8.42 Å². The number of likely N-dealkylation sites (tertiary alicyclic amines) is 1. The van der Waals surface area contributed by atoms with Gasteiger partial charge >= 0.3 is 0 Å². The van der Waals surface area contributed by atoms with Crippen molar-refractivity contribution in [2.45, 2.75) is 63.1 Å². The number of benzene rings is 1. The monoisotopic (exact) mass is 643 g/mol. The lowest BCUT2D eigenvalue weighted by atomic mass is 9.73. The van der Waals surface area contributed by atoms with Crippen molar-refractivity contribution in [1.82, 2.24) is 19.2 Å². The number of allylic oxidation sites excluding steroid dienone is 3. The third-order valence-electron chi connectivity index (χ3n) is 8.92. The third kappa shape index (κ3) is 5.84. The summed E-state index contributed by atoms with van der Waals surface area (Å²) in [6.45, 7) is 0.673. The van der Waals surface area contributed by atoms with E-state index in [1.807, 2.05) is 18.3 Å². The molecule has 0 N–H and O–H groups in total. The average molecular weight is 644 g/mol. The summed E-state index contributed by atoms with van der Waals surface area (Å²) >= 11 is 0.920. The zero-order valence-electron chi connectivity index (χ0n) is 24.6. The Hall–Kier alpha value is -3.42. The Morgan fingerprint density at radius 1 is 1.11 bits per heavy atom. The van der Waals surface area contributed by atoms with Gasteiger partial charge in [0.05, 0.1) is 31.6 Å². The number of piperidine rings is 1. The first-order valence-electron chi connectivity index (χ1n) is 14.7. The summed E-state index contributed by atoms with van der Waals surface area (Å²) in [6.07, 6.45) is 10.7. The number of methoxy groups -OCH3 is 2. The van der Waals surface area contributed by atoms with Gasteiger partial charge in [-0.3, -0.25) is 9.88 Å². The molecule has 1 saturated carbocycles. The zero-order valence-corrected chi connectivity index (χ0v) is 26.2. The van der Waals surface area contributed by atoms with Crippen LogP contribution in [0.2, 0.25) is 0 Å². The number of hydrogen-bond acceptors (Lipinski definition) is 9. The van der Waals surface area contributed by atoms with Crippen LogP contribution in [0.1, 0.15) is 55.7 Å². The van der Waals surface area contributed by atoms with Gasteiger partial charge in [-0.1, -0.05) is 18.6 Å². The zero-order chi connectivity index (χ0) is 30.9. The minimum atomic E-state index is -4.27. The van der Waals surface area contributed by atoms with E-state index in [0.29, 0.717) is 29.1 Å². The predicted octanol–water partition coefficient (Wildman–Crippen LogP) is 6.14. The number of anilines is 1. The Kier molecular flexibility index (Phi) is 8.71. The Bertz CT molecular complexity index is 1630. The van der Waals surface area contributed by atoms with E-state index in [2.05, 4.69) is 19.2 Å².